The maximum absolute atomic E-state index is 12.0. The van der Waals surface area contributed by atoms with Crippen LogP contribution in [0.25, 0.3) is 10.2 Å². The van der Waals surface area contributed by atoms with Crippen LogP contribution >= 0.6 is 11.3 Å². The van der Waals surface area contributed by atoms with E-state index < -0.39 is 16.4 Å². The molecule has 0 aliphatic rings. The minimum absolute atomic E-state index is 0.0403. The molecule has 2 atom stereocenters. The highest BCUT2D eigenvalue weighted by Crippen LogP contribution is 2.27. The SMILES string of the molecule is O=C(COc1ccccc1[NH+]([O-])O)Nc1nc2ccc([NH+]([O-])O)cc2s1. The van der Waals surface area contributed by atoms with Crippen LogP contribution in [0, 0.1) is 10.4 Å². The van der Waals surface area contributed by atoms with Gasteiger partial charge in [-0.3, -0.25) is 10.1 Å². The minimum atomic E-state index is -1.15. The number of nitrogens with one attached hydrogen (secondary N) is 3. The summed E-state index contributed by atoms with van der Waals surface area (Å²) in [6, 6.07) is 10.5. The molecule has 0 aliphatic heterocycles. The molecule has 0 aliphatic carbocycles. The number of rotatable bonds is 6. The van der Waals surface area contributed by atoms with Crippen molar-refractivity contribution in [3.63, 3.8) is 0 Å². The Kier molecular flexibility index (Phi) is 5.39. The topological polar surface area (TPSA) is 147 Å². The van der Waals surface area contributed by atoms with Crippen LogP contribution in [0.3, 0.4) is 0 Å². The highest BCUT2D eigenvalue weighted by molar-refractivity contribution is 7.22. The molecule has 1 heterocycles. The number of benzene rings is 2. The number of hydrogen-bond donors (Lipinski definition) is 5. The molecule has 0 bridgehead atoms. The van der Waals surface area contributed by atoms with Crippen molar-refractivity contribution in [3.8, 4) is 5.75 Å². The maximum atomic E-state index is 12.0. The third kappa shape index (κ3) is 4.12. The number of fused-ring (bicyclic) bond motifs is 1. The molecule has 3 aromatic rings. The maximum Gasteiger partial charge on any atom is 0.264 e. The standard InChI is InChI=1S/C15H14N4O6S/c20-14(8-25-12-4-2-1-3-11(12)19(23)24)17-15-16-10-6-5-9(18(21)22)7-13(10)26-15/h1-7,18-19,21,23H,8H2,(H,16,17,20). The first-order valence-corrected chi connectivity index (χ1v) is 8.14. The number of aromatic nitrogens is 1. The van der Waals surface area contributed by atoms with Gasteiger partial charge in [-0.05, 0) is 12.1 Å². The summed E-state index contributed by atoms with van der Waals surface area (Å²) in [6.45, 7) is -0.388. The van der Waals surface area contributed by atoms with E-state index in [0.717, 1.165) is 11.3 Å². The summed E-state index contributed by atoms with van der Waals surface area (Å²) in [7, 11) is 0. The second-order valence-corrected chi connectivity index (χ2v) is 6.18. The summed E-state index contributed by atoms with van der Waals surface area (Å²) in [5.41, 5.74) is 0.654. The highest BCUT2D eigenvalue weighted by atomic mass is 32.1. The first-order chi connectivity index (χ1) is 12.4. The molecule has 5 N–H and O–H groups in total. The van der Waals surface area contributed by atoms with E-state index in [9.17, 15) is 15.2 Å². The Hall–Kier alpha value is -2.64. The lowest BCUT2D eigenvalue weighted by molar-refractivity contribution is -0.991. The number of quaternary nitrogens is 2. The Morgan fingerprint density at radius 2 is 1.96 bits per heavy atom. The molecule has 0 fully saturated rings. The van der Waals surface area contributed by atoms with E-state index in [2.05, 4.69) is 10.3 Å². The molecule has 1 aromatic heterocycles. The van der Waals surface area contributed by atoms with Crippen LogP contribution in [0.15, 0.2) is 42.5 Å². The number of amides is 1. The fourth-order valence-electron chi connectivity index (χ4n) is 2.18. The lowest BCUT2D eigenvalue weighted by atomic mass is 10.3. The fourth-order valence-corrected chi connectivity index (χ4v) is 3.10. The molecule has 0 saturated carbocycles. The van der Waals surface area contributed by atoms with E-state index in [1.54, 1.807) is 18.2 Å². The van der Waals surface area contributed by atoms with Gasteiger partial charge in [-0.15, -0.1) is 0 Å². The number of thiazole rings is 1. The molecular weight excluding hydrogens is 364 g/mol. The van der Waals surface area contributed by atoms with Gasteiger partial charge in [0.2, 0.25) is 5.69 Å². The number of nitrogens with zero attached hydrogens (tertiary/aromatic N) is 1. The first kappa shape index (κ1) is 18.2. The Balaban J connectivity index is 1.66. The summed E-state index contributed by atoms with van der Waals surface area (Å²) in [6.07, 6.45) is 0. The zero-order valence-corrected chi connectivity index (χ0v) is 13.9. The van der Waals surface area contributed by atoms with Crippen LogP contribution in [0.4, 0.5) is 16.5 Å². The van der Waals surface area contributed by atoms with Crippen LogP contribution in [0.1, 0.15) is 0 Å². The fraction of sp³-hybridized carbons (Fsp3) is 0.0667. The summed E-state index contributed by atoms with van der Waals surface area (Å²) in [5, 5.41) is 40.8. The minimum Gasteiger partial charge on any atom is -0.595 e. The molecule has 2 aromatic carbocycles. The average molecular weight is 378 g/mol. The number of carbonyl (C=O) groups is 1. The molecule has 3 rings (SSSR count). The molecule has 0 spiro atoms. The zero-order valence-electron chi connectivity index (χ0n) is 13.1. The summed E-state index contributed by atoms with van der Waals surface area (Å²) in [5.74, 6) is -0.423. The predicted octanol–water partition coefficient (Wildman–Crippen LogP) is 0.121. The van der Waals surface area contributed by atoms with Gasteiger partial charge in [0.25, 0.3) is 5.91 Å². The van der Waals surface area contributed by atoms with Gasteiger partial charge in [0, 0.05) is 18.2 Å². The van der Waals surface area contributed by atoms with E-state index in [0.29, 0.717) is 15.3 Å². The van der Waals surface area contributed by atoms with Gasteiger partial charge < -0.3 is 15.2 Å². The summed E-state index contributed by atoms with van der Waals surface area (Å²) in [4.78, 5) is 16.2. The van der Waals surface area contributed by atoms with E-state index in [1.165, 1.54) is 24.3 Å². The number of ether oxygens (including phenoxy) is 1. The third-order valence-corrected chi connectivity index (χ3v) is 4.29. The van der Waals surface area contributed by atoms with Crippen molar-refractivity contribution < 1.29 is 30.4 Å². The van der Waals surface area contributed by atoms with Crippen LogP contribution in [0.2, 0.25) is 0 Å². The Bertz CT molecular complexity index is 929. The monoisotopic (exact) mass is 378 g/mol. The molecule has 0 radical (unpaired) electrons. The first-order valence-electron chi connectivity index (χ1n) is 7.33. The van der Waals surface area contributed by atoms with Gasteiger partial charge in [0.15, 0.2) is 23.2 Å². The normalized spacial score (nSPS) is 13.4. The van der Waals surface area contributed by atoms with E-state index in [-0.39, 0.29) is 23.7 Å². The second kappa shape index (κ2) is 7.72. The number of hydrogen-bond acceptors (Lipinski definition) is 8. The van der Waals surface area contributed by atoms with Crippen LogP contribution in [-0.2, 0) is 4.79 Å². The second-order valence-electron chi connectivity index (χ2n) is 5.14. The lowest BCUT2D eigenvalue weighted by Crippen LogP contribution is -2.99. The van der Waals surface area contributed by atoms with Crippen LogP contribution in [0.5, 0.6) is 5.75 Å². The van der Waals surface area contributed by atoms with Crippen LogP contribution in [-0.4, -0.2) is 27.9 Å². The van der Waals surface area contributed by atoms with Crippen molar-refractivity contribution in [2.75, 3.05) is 11.9 Å². The van der Waals surface area contributed by atoms with Crippen molar-refractivity contribution in [2.24, 2.45) is 0 Å². The molecule has 0 saturated heterocycles. The quantitative estimate of drug-likeness (QED) is 0.383. The van der Waals surface area contributed by atoms with E-state index in [1.807, 2.05) is 0 Å². The van der Waals surface area contributed by atoms with E-state index >= 15 is 0 Å². The Labute approximate surface area is 150 Å². The number of carbonyl (C=O) groups excluding carboxylic acids is 1. The molecule has 136 valence electrons. The van der Waals surface area contributed by atoms with Crippen molar-refractivity contribution in [1.82, 2.24) is 4.98 Å². The van der Waals surface area contributed by atoms with Gasteiger partial charge in [0.05, 0.1) is 10.2 Å². The highest BCUT2D eigenvalue weighted by Gasteiger charge is 2.13. The van der Waals surface area contributed by atoms with E-state index in [4.69, 9.17) is 15.2 Å². The zero-order chi connectivity index (χ0) is 18.7. The van der Waals surface area contributed by atoms with Gasteiger partial charge in [-0.2, -0.15) is 10.5 Å². The van der Waals surface area contributed by atoms with Gasteiger partial charge in [0.1, 0.15) is 0 Å². The average Bonchev–Trinajstić information content (AvgIpc) is 3.01. The predicted molar refractivity (Wildman–Crippen MR) is 91.7 cm³/mol. The molecule has 1 amide bonds. The van der Waals surface area contributed by atoms with Crippen molar-refractivity contribution >= 4 is 44.0 Å². The van der Waals surface area contributed by atoms with Crippen molar-refractivity contribution in [3.05, 3.63) is 52.9 Å². The largest absolute Gasteiger partial charge is 0.595 e. The Morgan fingerprint density at radius 3 is 2.69 bits per heavy atom. The van der Waals surface area contributed by atoms with Gasteiger partial charge in [-0.25, -0.2) is 15.4 Å². The number of anilines is 1. The van der Waals surface area contributed by atoms with Gasteiger partial charge >= 0.3 is 0 Å². The molecule has 26 heavy (non-hydrogen) atoms. The molecular formula is C15H14N4O6S. The van der Waals surface area contributed by atoms with Crippen molar-refractivity contribution in [2.45, 2.75) is 0 Å². The van der Waals surface area contributed by atoms with Gasteiger partial charge in [-0.1, -0.05) is 23.5 Å². The molecule has 11 heteroatoms. The van der Waals surface area contributed by atoms with Crippen molar-refractivity contribution in [1.29, 1.82) is 0 Å². The smallest absolute Gasteiger partial charge is 0.264 e. The molecule has 2 unspecified atom stereocenters. The Morgan fingerprint density at radius 1 is 1.19 bits per heavy atom. The summed E-state index contributed by atoms with van der Waals surface area (Å²) >= 11 is 1.13. The number of para-hydroxylation sites is 2. The summed E-state index contributed by atoms with van der Waals surface area (Å²) < 4.78 is 5.89. The third-order valence-electron chi connectivity index (χ3n) is 3.36. The molecule has 10 nitrogen and oxygen atoms in total. The van der Waals surface area contributed by atoms with Crippen LogP contribution < -0.4 is 20.5 Å². The lowest BCUT2D eigenvalue weighted by Gasteiger charge is -2.15.